The van der Waals surface area contributed by atoms with Crippen LogP contribution in [0.4, 0.5) is 5.69 Å². The molecule has 3 atom stereocenters. The minimum atomic E-state index is -0.00864. The van der Waals surface area contributed by atoms with Gasteiger partial charge in [0, 0.05) is 19.5 Å². The Bertz CT molecular complexity index is 1210. The number of nitrogens with one attached hydrogen (secondary N) is 1. The molecule has 0 spiro atoms. The summed E-state index contributed by atoms with van der Waals surface area (Å²) in [5, 5.41) is 13.8. The number of hydrogen-bond acceptors (Lipinski definition) is 4. The van der Waals surface area contributed by atoms with Crippen LogP contribution in [-0.2, 0) is 6.54 Å². The average Bonchev–Trinajstić information content (AvgIpc) is 3.34. The Balaban J connectivity index is 1.51. The van der Waals surface area contributed by atoms with Gasteiger partial charge in [-0.15, -0.1) is 0 Å². The highest BCUT2D eigenvalue weighted by Crippen LogP contribution is 2.51. The molecule has 3 aromatic carbocycles. The number of allylic oxidation sites excluding steroid dienone is 2. The molecule has 0 bridgehead atoms. The molecule has 2 N–H and O–H groups in total. The summed E-state index contributed by atoms with van der Waals surface area (Å²) in [6, 6.07) is 21.5. The van der Waals surface area contributed by atoms with E-state index in [0.717, 1.165) is 28.8 Å². The number of benzene rings is 3. The van der Waals surface area contributed by atoms with Gasteiger partial charge in [0.25, 0.3) is 5.91 Å². The number of hydrogen-bond donors (Lipinski definition) is 2. The number of rotatable bonds is 5. The Labute approximate surface area is 194 Å². The summed E-state index contributed by atoms with van der Waals surface area (Å²) < 4.78 is 5.35. The molecular weight excluding hydrogens is 412 g/mol. The van der Waals surface area contributed by atoms with Crippen molar-refractivity contribution in [1.29, 1.82) is 0 Å². The predicted octanol–water partition coefficient (Wildman–Crippen LogP) is 5.50. The smallest absolute Gasteiger partial charge is 0.256 e. The number of aromatic hydroxyl groups is 1. The van der Waals surface area contributed by atoms with Gasteiger partial charge in [-0.3, -0.25) is 4.79 Å². The maximum absolute atomic E-state index is 13.5. The molecule has 0 saturated heterocycles. The van der Waals surface area contributed by atoms with Gasteiger partial charge in [0.1, 0.15) is 0 Å². The second-order valence-electron chi connectivity index (χ2n) is 8.82. The zero-order chi connectivity index (χ0) is 22.9. The lowest BCUT2D eigenvalue weighted by Gasteiger charge is -2.38. The predicted molar refractivity (Wildman–Crippen MR) is 130 cm³/mol. The minimum absolute atomic E-state index is 0.000351. The molecule has 0 aromatic heterocycles. The first-order chi connectivity index (χ1) is 16.1. The fraction of sp³-hybridized carbons (Fsp3) is 0.250. The van der Waals surface area contributed by atoms with E-state index in [1.807, 2.05) is 61.6 Å². The zero-order valence-electron chi connectivity index (χ0n) is 18.9. The highest BCUT2D eigenvalue weighted by molar-refractivity contribution is 6.00. The van der Waals surface area contributed by atoms with Crippen molar-refractivity contribution in [2.75, 3.05) is 19.5 Å². The van der Waals surface area contributed by atoms with Crippen molar-refractivity contribution in [3.63, 3.8) is 0 Å². The molecule has 3 unspecified atom stereocenters. The molecule has 1 aliphatic carbocycles. The molecule has 0 saturated carbocycles. The molecular formula is C28H28N2O3. The number of para-hydroxylation sites is 1. The standard InChI is InChI=1S/C28H28N2O3/c1-30(17-18-8-4-3-5-9-18)28(32)23-13-7-12-22-20-10-6-11-21(20)26(29-27(22)23)19-14-15-24(31)25(16-19)33-2/h3-10,12-16,20-21,26,29,31H,11,17H2,1-2H3. The molecule has 1 amide bonds. The first kappa shape index (κ1) is 21.1. The summed E-state index contributed by atoms with van der Waals surface area (Å²) in [6.45, 7) is 0.549. The molecule has 5 rings (SSSR count). The molecule has 33 heavy (non-hydrogen) atoms. The monoisotopic (exact) mass is 440 g/mol. The number of carbonyl (C=O) groups is 1. The van der Waals surface area contributed by atoms with Crippen LogP contribution < -0.4 is 10.1 Å². The van der Waals surface area contributed by atoms with E-state index < -0.39 is 0 Å². The third kappa shape index (κ3) is 3.84. The van der Waals surface area contributed by atoms with E-state index in [2.05, 4.69) is 23.5 Å². The van der Waals surface area contributed by atoms with Gasteiger partial charge in [-0.2, -0.15) is 0 Å². The molecule has 0 radical (unpaired) electrons. The Morgan fingerprint density at radius 1 is 1.12 bits per heavy atom. The van der Waals surface area contributed by atoms with Crippen molar-refractivity contribution < 1.29 is 14.6 Å². The minimum Gasteiger partial charge on any atom is -0.504 e. The fourth-order valence-electron chi connectivity index (χ4n) is 5.15. The van der Waals surface area contributed by atoms with Crippen molar-refractivity contribution in [3.05, 3.63) is 101 Å². The zero-order valence-corrected chi connectivity index (χ0v) is 18.9. The van der Waals surface area contributed by atoms with Crippen LogP contribution in [0.1, 0.15) is 45.4 Å². The lowest BCUT2D eigenvalue weighted by molar-refractivity contribution is 0.0785. The van der Waals surface area contributed by atoms with E-state index in [1.54, 1.807) is 18.1 Å². The molecule has 1 heterocycles. The number of amides is 1. The van der Waals surface area contributed by atoms with Crippen molar-refractivity contribution in [2.45, 2.75) is 24.9 Å². The third-order valence-corrected chi connectivity index (χ3v) is 6.80. The highest BCUT2D eigenvalue weighted by Gasteiger charge is 2.39. The van der Waals surface area contributed by atoms with Gasteiger partial charge in [0.15, 0.2) is 11.5 Å². The summed E-state index contributed by atoms with van der Waals surface area (Å²) in [5.74, 6) is 1.13. The Kier molecular flexibility index (Phi) is 5.55. The van der Waals surface area contributed by atoms with Crippen LogP contribution >= 0.6 is 0 Å². The summed E-state index contributed by atoms with van der Waals surface area (Å²) in [5.41, 5.74) is 4.87. The van der Waals surface area contributed by atoms with Crippen molar-refractivity contribution in [1.82, 2.24) is 4.90 Å². The highest BCUT2D eigenvalue weighted by atomic mass is 16.5. The van der Waals surface area contributed by atoms with Crippen molar-refractivity contribution in [2.24, 2.45) is 5.92 Å². The number of ether oxygens (including phenoxy) is 1. The molecule has 1 aliphatic heterocycles. The van der Waals surface area contributed by atoms with Crippen LogP contribution in [0.15, 0.2) is 78.9 Å². The molecule has 0 fully saturated rings. The number of phenols is 1. The van der Waals surface area contributed by atoms with Crippen molar-refractivity contribution >= 4 is 11.6 Å². The number of carbonyl (C=O) groups excluding carboxylic acids is 1. The van der Waals surface area contributed by atoms with Crippen LogP contribution in [0.3, 0.4) is 0 Å². The second-order valence-corrected chi connectivity index (χ2v) is 8.82. The van der Waals surface area contributed by atoms with Gasteiger partial charge >= 0.3 is 0 Å². The van der Waals surface area contributed by atoms with E-state index in [9.17, 15) is 9.90 Å². The number of nitrogens with zero attached hydrogens (tertiary/aromatic N) is 1. The quantitative estimate of drug-likeness (QED) is 0.515. The summed E-state index contributed by atoms with van der Waals surface area (Å²) >= 11 is 0. The van der Waals surface area contributed by atoms with Crippen molar-refractivity contribution in [3.8, 4) is 11.5 Å². The molecule has 2 aliphatic rings. The molecule has 168 valence electrons. The molecule has 3 aromatic rings. The third-order valence-electron chi connectivity index (χ3n) is 6.80. The second kappa shape index (κ2) is 8.66. The van der Waals surface area contributed by atoms with Gasteiger partial charge in [-0.05, 0) is 47.2 Å². The maximum atomic E-state index is 13.5. The van der Waals surface area contributed by atoms with Crippen LogP contribution in [0.5, 0.6) is 11.5 Å². The first-order valence-corrected chi connectivity index (χ1v) is 11.3. The van der Waals surface area contributed by atoms with Gasteiger partial charge in [0.2, 0.25) is 0 Å². The normalized spacial score (nSPS) is 20.5. The SMILES string of the molecule is COc1cc(C2Nc3c(C(=O)N(C)Cc4ccccc4)cccc3C3C=CCC32)ccc1O. The number of fused-ring (bicyclic) bond motifs is 3. The lowest BCUT2D eigenvalue weighted by Crippen LogP contribution is -2.32. The van der Waals surface area contributed by atoms with Crippen LogP contribution in [0.25, 0.3) is 0 Å². The van der Waals surface area contributed by atoms with Gasteiger partial charge in [-0.25, -0.2) is 0 Å². The molecule has 5 nitrogen and oxygen atoms in total. The van der Waals surface area contributed by atoms with Gasteiger partial charge in [0.05, 0.1) is 24.4 Å². The summed E-state index contributed by atoms with van der Waals surface area (Å²) in [7, 11) is 3.40. The van der Waals surface area contributed by atoms with E-state index in [0.29, 0.717) is 23.8 Å². The number of phenolic OH excluding ortho intramolecular Hbond substituents is 1. The van der Waals surface area contributed by atoms with E-state index in [-0.39, 0.29) is 23.6 Å². The summed E-state index contributed by atoms with van der Waals surface area (Å²) in [6.07, 6.45) is 5.45. The largest absolute Gasteiger partial charge is 0.504 e. The van der Waals surface area contributed by atoms with E-state index in [4.69, 9.17) is 4.74 Å². The Morgan fingerprint density at radius 2 is 1.94 bits per heavy atom. The topological polar surface area (TPSA) is 61.8 Å². The summed E-state index contributed by atoms with van der Waals surface area (Å²) in [4.78, 5) is 15.3. The number of methoxy groups -OCH3 is 1. The lowest BCUT2D eigenvalue weighted by atomic mass is 9.76. The van der Waals surface area contributed by atoms with Crippen LogP contribution in [-0.4, -0.2) is 30.1 Å². The van der Waals surface area contributed by atoms with Gasteiger partial charge < -0.3 is 20.1 Å². The van der Waals surface area contributed by atoms with Crippen LogP contribution in [0, 0.1) is 5.92 Å². The van der Waals surface area contributed by atoms with Crippen LogP contribution in [0.2, 0.25) is 0 Å². The average molecular weight is 441 g/mol. The first-order valence-electron chi connectivity index (χ1n) is 11.3. The number of anilines is 1. The fourth-order valence-corrected chi connectivity index (χ4v) is 5.15. The van der Waals surface area contributed by atoms with Gasteiger partial charge in [-0.1, -0.05) is 60.7 Å². The van der Waals surface area contributed by atoms with E-state index >= 15 is 0 Å². The Hall–Kier alpha value is -3.73. The molecule has 5 heteroatoms. The maximum Gasteiger partial charge on any atom is 0.256 e. The Morgan fingerprint density at radius 3 is 2.73 bits per heavy atom. The van der Waals surface area contributed by atoms with E-state index in [1.165, 1.54) is 0 Å².